The highest BCUT2D eigenvalue weighted by Crippen LogP contribution is 2.37. The highest BCUT2D eigenvalue weighted by atomic mass is 32.2. The number of nitrogens with zero attached hydrogens (tertiary/aromatic N) is 2. The Hall–Kier alpha value is -0.580. The van der Waals surface area contributed by atoms with Gasteiger partial charge < -0.3 is 0 Å². The lowest BCUT2D eigenvalue weighted by molar-refractivity contribution is 0.216. The molecule has 2 rings (SSSR count). The third kappa shape index (κ3) is 3.50. The summed E-state index contributed by atoms with van der Waals surface area (Å²) in [4.78, 5) is 4.72. The number of hydrogen-bond donors (Lipinski definition) is 0. The van der Waals surface area contributed by atoms with E-state index in [2.05, 4.69) is 57.1 Å². The first-order valence-corrected chi connectivity index (χ1v) is 8.33. The molecular formula is C15H22N2S2. The maximum absolute atomic E-state index is 4.72. The van der Waals surface area contributed by atoms with Crippen LogP contribution in [0.5, 0.6) is 0 Å². The van der Waals surface area contributed by atoms with Gasteiger partial charge in [-0.3, -0.25) is 0 Å². The van der Waals surface area contributed by atoms with Crippen molar-refractivity contribution in [2.24, 2.45) is 0 Å². The van der Waals surface area contributed by atoms with E-state index >= 15 is 0 Å². The molecule has 1 unspecified atom stereocenters. The molecule has 1 aromatic heterocycles. The molecule has 0 aliphatic carbocycles. The molecule has 1 aromatic carbocycles. The van der Waals surface area contributed by atoms with Crippen molar-refractivity contribution in [3.63, 3.8) is 0 Å². The van der Waals surface area contributed by atoms with E-state index in [9.17, 15) is 0 Å². The summed E-state index contributed by atoms with van der Waals surface area (Å²) in [6.07, 6.45) is 1.15. The van der Waals surface area contributed by atoms with Gasteiger partial charge in [-0.2, -0.15) is 0 Å². The van der Waals surface area contributed by atoms with Crippen LogP contribution in [0, 0.1) is 0 Å². The maximum Gasteiger partial charge on any atom is 0.166 e. The van der Waals surface area contributed by atoms with Crippen molar-refractivity contribution in [3.8, 4) is 0 Å². The van der Waals surface area contributed by atoms with E-state index < -0.39 is 0 Å². The summed E-state index contributed by atoms with van der Waals surface area (Å²) in [5.74, 6) is 0. The quantitative estimate of drug-likeness (QED) is 0.721. The van der Waals surface area contributed by atoms with Gasteiger partial charge in [0.2, 0.25) is 0 Å². The molecule has 2 aromatic rings. The van der Waals surface area contributed by atoms with Crippen molar-refractivity contribution in [3.05, 3.63) is 24.3 Å². The van der Waals surface area contributed by atoms with Gasteiger partial charge in [0.1, 0.15) is 0 Å². The maximum atomic E-state index is 4.72. The second kappa shape index (κ2) is 5.81. The van der Waals surface area contributed by atoms with Gasteiger partial charge in [-0.15, -0.1) is 11.3 Å². The number of hydrogen-bond acceptors (Lipinski definition) is 4. The molecule has 0 radical (unpaired) electrons. The van der Waals surface area contributed by atoms with Crippen LogP contribution in [-0.2, 0) is 0 Å². The van der Waals surface area contributed by atoms with Crippen molar-refractivity contribution in [1.29, 1.82) is 0 Å². The van der Waals surface area contributed by atoms with E-state index in [0.29, 0.717) is 6.04 Å². The predicted octanol–water partition coefficient (Wildman–Crippen LogP) is 5.20. The second-order valence-electron chi connectivity index (χ2n) is 5.79. The molecule has 104 valence electrons. The summed E-state index contributed by atoms with van der Waals surface area (Å²) in [5, 5.41) is 0. The molecule has 0 saturated carbocycles. The van der Waals surface area contributed by atoms with Gasteiger partial charge in [-0.1, -0.05) is 19.1 Å². The third-order valence-corrected chi connectivity index (χ3v) is 5.76. The summed E-state index contributed by atoms with van der Waals surface area (Å²) >= 11 is 3.57. The Morgan fingerprint density at radius 1 is 1.32 bits per heavy atom. The Balaban J connectivity index is 2.25. The van der Waals surface area contributed by atoms with Crippen molar-refractivity contribution in [2.75, 3.05) is 0 Å². The Morgan fingerprint density at radius 2 is 2.00 bits per heavy atom. The fourth-order valence-electron chi connectivity index (χ4n) is 2.03. The Bertz CT molecular complexity index is 509. The molecule has 0 N–H and O–H groups in total. The van der Waals surface area contributed by atoms with Gasteiger partial charge in [0.15, 0.2) is 4.34 Å². The smallest absolute Gasteiger partial charge is 0.166 e. The molecule has 0 bridgehead atoms. The van der Waals surface area contributed by atoms with E-state index in [1.54, 1.807) is 23.3 Å². The Morgan fingerprint density at radius 3 is 2.58 bits per heavy atom. The molecule has 1 atom stereocenters. The largest absolute Gasteiger partial charge is 0.236 e. The molecule has 1 heterocycles. The number of para-hydroxylation sites is 1. The van der Waals surface area contributed by atoms with Crippen LogP contribution in [0.25, 0.3) is 10.2 Å². The van der Waals surface area contributed by atoms with Gasteiger partial charge in [0.25, 0.3) is 0 Å². The van der Waals surface area contributed by atoms with Crippen LogP contribution < -0.4 is 0 Å². The zero-order chi connectivity index (χ0) is 14.0. The van der Waals surface area contributed by atoms with Crippen LogP contribution in [0.15, 0.2) is 28.6 Å². The molecule has 0 amide bonds. The average molecular weight is 294 g/mol. The normalized spacial score (nSPS) is 14.2. The fourth-order valence-corrected chi connectivity index (χ4v) is 4.29. The summed E-state index contributed by atoms with van der Waals surface area (Å²) in [7, 11) is 0. The van der Waals surface area contributed by atoms with E-state index in [0.717, 1.165) is 16.3 Å². The van der Waals surface area contributed by atoms with Gasteiger partial charge in [-0.05, 0) is 58.2 Å². The number of aromatic nitrogens is 1. The molecule has 4 heteroatoms. The van der Waals surface area contributed by atoms with Crippen LogP contribution >= 0.6 is 23.3 Å². The zero-order valence-corrected chi connectivity index (χ0v) is 13.9. The highest BCUT2D eigenvalue weighted by Gasteiger charge is 2.27. The third-order valence-electron chi connectivity index (χ3n) is 3.10. The fraction of sp³-hybridized carbons (Fsp3) is 0.533. The molecule has 19 heavy (non-hydrogen) atoms. The lowest BCUT2D eigenvalue weighted by atomic mass is 10.1. The van der Waals surface area contributed by atoms with E-state index in [1.807, 2.05) is 6.07 Å². The zero-order valence-electron chi connectivity index (χ0n) is 12.3. The highest BCUT2D eigenvalue weighted by molar-refractivity contribution is 7.99. The average Bonchev–Trinajstić information content (AvgIpc) is 2.76. The molecular weight excluding hydrogens is 272 g/mol. The van der Waals surface area contributed by atoms with Gasteiger partial charge in [0.05, 0.1) is 10.2 Å². The van der Waals surface area contributed by atoms with Crippen LogP contribution in [0.1, 0.15) is 41.0 Å². The Kier molecular flexibility index (Phi) is 4.54. The van der Waals surface area contributed by atoms with Crippen molar-refractivity contribution >= 4 is 33.5 Å². The first-order valence-electron chi connectivity index (χ1n) is 6.74. The number of fused-ring (bicyclic) bond motifs is 1. The molecule has 0 saturated heterocycles. The summed E-state index contributed by atoms with van der Waals surface area (Å²) in [5.41, 5.74) is 1.24. The van der Waals surface area contributed by atoms with E-state index in [-0.39, 0.29) is 5.54 Å². The van der Waals surface area contributed by atoms with Gasteiger partial charge in [-0.25, -0.2) is 9.29 Å². The van der Waals surface area contributed by atoms with Gasteiger partial charge in [0, 0.05) is 11.6 Å². The number of benzene rings is 1. The first kappa shape index (κ1) is 14.8. The molecule has 0 aliphatic heterocycles. The molecule has 0 spiro atoms. The first-order chi connectivity index (χ1) is 8.91. The molecule has 0 aliphatic rings. The van der Waals surface area contributed by atoms with Crippen molar-refractivity contribution < 1.29 is 0 Å². The molecule has 2 nitrogen and oxygen atoms in total. The van der Waals surface area contributed by atoms with Gasteiger partial charge >= 0.3 is 0 Å². The number of thiazole rings is 1. The van der Waals surface area contributed by atoms with Crippen LogP contribution in [0.2, 0.25) is 0 Å². The van der Waals surface area contributed by atoms with Crippen LogP contribution in [0.3, 0.4) is 0 Å². The Labute approximate surface area is 124 Å². The molecule has 0 fully saturated rings. The second-order valence-corrected chi connectivity index (χ2v) is 8.04. The van der Waals surface area contributed by atoms with Crippen LogP contribution in [0.4, 0.5) is 0 Å². The minimum absolute atomic E-state index is 0.137. The number of rotatable bonds is 4. The lowest BCUT2D eigenvalue weighted by Gasteiger charge is -2.37. The predicted molar refractivity (Wildman–Crippen MR) is 86.8 cm³/mol. The lowest BCUT2D eigenvalue weighted by Crippen LogP contribution is -2.41. The van der Waals surface area contributed by atoms with E-state index in [4.69, 9.17) is 4.98 Å². The summed E-state index contributed by atoms with van der Waals surface area (Å²) < 4.78 is 4.87. The minimum Gasteiger partial charge on any atom is -0.236 e. The van der Waals surface area contributed by atoms with Crippen molar-refractivity contribution in [1.82, 2.24) is 9.29 Å². The standard InChI is InChI=1S/C15H22N2S2/c1-6-11(2)17(15(3,4)5)19-14-16-12-9-7-8-10-13(12)18-14/h7-11H,6H2,1-5H3. The van der Waals surface area contributed by atoms with Crippen molar-refractivity contribution in [2.45, 2.75) is 57.0 Å². The topological polar surface area (TPSA) is 16.1 Å². The van der Waals surface area contributed by atoms with Crippen LogP contribution in [-0.4, -0.2) is 20.9 Å². The summed E-state index contributed by atoms with van der Waals surface area (Å²) in [6.45, 7) is 11.3. The van der Waals surface area contributed by atoms with E-state index in [1.165, 1.54) is 4.70 Å². The SMILES string of the molecule is CCC(C)N(Sc1nc2ccccc2s1)C(C)(C)C. The minimum atomic E-state index is 0.137. The monoisotopic (exact) mass is 294 g/mol. The summed E-state index contributed by atoms with van der Waals surface area (Å²) in [6, 6.07) is 8.89.